The maximum atomic E-state index is 13.8. The third-order valence-electron chi connectivity index (χ3n) is 7.14. The number of nitrogens with zero attached hydrogens (tertiary/aromatic N) is 2. The van der Waals surface area contributed by atoms with Crippen molar-refractivity contribution >= 4 is 32.4 Å². The van der Waals surface area contributed by atoms with E-state index in [2.05, 4.69) is 4.72 Å². The van der Waals surface area contributed by atoms with Gasteiger partial charge in [0.15, 0.2) is 0 Å². The lowest BCUT2D eigenvalue weighted by molar-refractivity contribution is -0.133. The van der Waals surface area contributed by atoms with Crippen LogP contribution in [0.1, 0.15) is 36.8 Å². The average molecular weight is 509 g/mol. The van der Waals surface area contributed by atoms with Crippen LogP contribution in [-0.4, -0.2) is 52.5 Å². The molecule has 3 aromatic rings. The highest BCUT2D eigenvalue weighted by atomic mass is 32.2. The second kappa shape index (κ2) is 11.0. The van der Waals surface area contributed by atoms with Crippen LogP contribution in [0.15, 0.2) is 65.6 Å². The van der Waals surface area contributed by atoms with Gasteiger partial charge in [-0.25, -0.2) is 8.42 Å². The number of sulfonamides is 1. The van der Waals surface area contributed by atoms with Gasteiger partial charge in [-0.2, -0.15) is 4.72 Å². The van der Waals surface area contributed by atoms with Crippen molar-refractivity contribution in [2.24, 2.45) is 5.73 Å². The molecular weight excluding hydrogens is 472 g/mol. The Bertz CT molecular complexity index is 1320. The molecule has 8 heteroatoms. The predicted molar refractivity (Wildman–Crippen MR) is 145 cm³/mol. The lowest BCUT2D eigenvalue weighted by atomic mass is 10.0. The summed E-state index contributed by atoms with van der Waals surface area (Å²) in [6.07, 6.45) is 4.33. The van der Waals surface area contributed by atoms with Gasteiger partial charge in [-0.1, -0.05) is 61.4 Å². The Balaban J connectivity index is 1.69. The Kier molecular flexibility index (Phi) is 7.97. The van der Waals surface area contributed by atoms with E-state index in [1.807, 2.05) is 67.5 Å². The molecule has 1 fully saturated rings. The number of rotatable bonds is 9. The van der Waals surface area contributed by atoms with Gasteiger partial charge in [0.1, 0.15) is 6.04 Å². The van der Waals surface area contributed by atoms with Gasteiger partial charge < -0.3 is 15.5 Å². The number of amides is 1. The molecule has 0 saturated heterocycles. The molecular formula is C28H36N4O3S. The summed E-state index contributed by atoms with van der Waals surface area (Å²) in [4.78, 5) is 17.5. The van der Waals surface area contributed by atoms with Crippen molar-refractivity contribution in [2.75, 3.05) is 26.0 Å². The number of hydrogen-bond donors (Lipinski definition) is 2. The molecule has 3 aromatic carbocycles. The molecule has 0 aromatic heterocycles. The second-order valence-corrected chi connectivity index (χ2v) is 11.5. The molecule has 192 valence electrons. The zero-order valence-corrected chi connectivity index (χ0v) is 22.1. The molecule has 0 aliphatic heterocycles. The molecule has 36 heavy (non-hydrogen) atoms. The fourth-order valence-electron chi connectivity index (χ4n) is 5.08. The van der Waals surface area contributed by atoms with E-state index in [-0.39, 0.29) is 23.3 Å². The summed E-state index contributed by atoms with van der Waals surface area (Å²) in [5, 5.41) is 1.47. The van der Waals surface area contributed by atoms with Gasteiger partial charge in [0.25, 0.3) is 0 Å². The van der Waals surface area contributed by atoms with Crippen molar-refractivity contribution in [1.82, 2.24) is 9.62 Å². The summed E-state index contributed by atoms with van der Waals surface area (Å²) in [6, 6.07) is 17.8. The van der Waals surface area contributed by atoms with Crippen molar-refractivity contribution in [1.29, 1.82) is 0 Å². The van der Waals surface area contributed by atoms with E-state index in [0.717, 1.165) is 47.9 Å². The lowest BCUT2D eigenvalue weighted by Crippen LogP contribution is -2.50. The fraction of sp³-hybridized carbons (Fsp3) is 0.393. The summed E-state index contributed by atoms with van der Waals surface area (Å²) >= 11 is 0. The molecule has 0 radical (unpaired) electrons. The minimum absolute atomic E-state index is 0.143. The number of anilines is 1. The normalized spacial score (nSPS) is 15.2. The molecule has 3 N–H and O–H groups in total. The van der Waals surface area contributed by atoms with E-state index in [1.165, 1.54) is 0 Å². The first kappa shape index (κ1) is 26.1. The van der Waals surface area contributed by atoms with Crippen LogP contribution in [0.4, 0.5) is 5.69 Å². The average Bonchev–Trinajstić information content (AvgIpc) is 3.42. The quantitative estimate of drug-likeness (QED) is 0.460. The van der Waals surface area contributed by atoms with Gasteiger partial charge in [-0.15, -0.1) is 0 Å². The minimum atomic E-state index is -4.00. The largest absolute Gasteiger partial charge is 0.377 e. The summed E-state index contributed by atoms with van der Waals surface area (Å²) in [5.41, 5.74) is 8.51. The Morgan fingerprint density at radius 2 is 1.56 bits per heavy atom. The Hall–Kier alpha value is -2.94. The molecule has 0 spiro atoms. The van der Waals surface area contributed by atoms with Crippen LogP contribution >= 0.6 is 0 Å². The zero-order chi connectivity index (χ0) is 25.9. The van der Waals surface area contributed by atoms with Crippen LogP contribution in [0.3, 0.4) is 0 Å². The topological polar surface area (TPSA) is 95.7 Å². The standard InChI is InChI=1S/C28H36N4O3S/c1-31(2)26-12-6-11-24-23(26)10-7-13-27(24)36(34,35)30-25(18-20-14-16-21(19-29)17-15-20)28(33)32(3)22-8-4-5-9-22/h6-7,10-17,22,25,30H,4-5,8-9,18-19,29H2,1-3H3/t25-/m0/s1. The molecule has 1 aliphatic rings. The molecule has 4 rings (SSSR count). The molecule has 1 saturated carbocycles. The Labute approximate surface area is 214 Å². The van der Waals surface area contributed by atoms with Crippen molar-refractivity contribution in [3.63, 3.8) is 0 Å². The molecule has 1 atom stereocenters. The zero-order valence-electron chi connectivity index (χ0n) is 21.3. The first-order chi connectivity index (χ1) is 17.2. The lowest BCUT2D eigenvalue weighted by Gasteiger charge is -2.29. The maximum Gasteiger partial charge on any atom is 0.241 e. The van der Waals surface area contributed by atoms with Crippen molar-refractivity contribution in [2.45, 2.75) is 55.6 Å². The van der Waals surface area contributed by atoms with Crippen LogP contribution in [0.5, 0.6) is 0 Å². The highest BCUT2D eigenvalue weighted by molar-refractivity contribution is 7.89. The summed E-state index contributed by atoms with van der Waals surface area (Å²) in [5.74, 6) is -0.206. The summed E-state index contributed by atoms with van der Waals surface area (Å²) < 4.78 is 30.3. The SMILES string of the molecule is CN(C)c1cccc2c(S(=O)(=O)N[C@@H](Cc3ccc(CN)cc3)C(=O)N(C)C3CCCC3)cccc12. The van der Waals surface area contributed by atoms with Crippen molar-refractivity contribution in [3.8, 4) is 0 Å². The van der Waals surface area contributed by atoms with E-state index in [9.17, 15) is 13.2 Å². The third kappa shape index (κ3) is 5.56. The number of benzene rings is 3. The fourth-order valence-corrected chi connectivity index (χ4v) is 6.49. The van der Waals surface area contributed by atoms with Gasteiger partial charge in [0.05, 0.1) is 4.90 Å². The Morgan fingerprint density at radius 1 is 0.944 bits per heavy atom. The Morgan fingerprint density at radius 3 is 2.19 bits per heavy atom. The van der Waals surface area contributed by atoms with E-state index < -0.39 is 16.1 Å². The molecule has 0 heterocycles. The summed E-state index contributed by atoms with van der Waals surface area (Å²) in [6.45, 7) is 0.426. The first-order valence-electron chi connectivity index (χ1n) is 12.5. The van der Waals surface area contributed by atoms with Gasteiger partial charge >= 0.3 is 0 Å². The number of carbonyl (C=O) groups excluding carboxylic acids is 1. The number of fused-ring (bicyclic) bond motifs is 1. The monoisotopic (exact) mass is 508 g/mol. The summed E-state index contributed by atoms with van der Waals surface area (Å²) in [7, 11) is 1.65. The van der Waals surface area contributed by atoms with Crippen LogP contribution in [0.2, 0.25) is 0 Å². The van der Waals surface area contributed by atoms with Gasteiger partial charge in [-0.3, -0.25) is 4.79 Å². The minimum Gasteiger partial charge on any atom is -0.377 e. The number of nitrogens with two attached hydrogens (primary N) is 1. The number of nitrogens with one attached hydrogen (secondary N) is 1. The number of likely N-dealkylation sites (N-methyl/N-ethyl adjacent to an activating group) is 1. The van der Waals surface area contributed by atoms with E-state index >= 15 is 0 Å². The molecule has 1 aliphatic carbocycles. The van der Waals surface area contributed by atoms with Crippen LogP contribution in [-0.2, 0) is 27.8 Å². The first-order valence-corrected chi connectivity index (χ1v) is 14.0. The maximum absolute atomic E-state index is 13.8. The number of carbonyl (C=O) groups is 1. The molecule has 1 amide bonds. The van der Waals surface area contributed by atoms with E-state index in [0.29, 0.717) is 11.9 Å². The molecule has 7 nitrogen and oxygen atoms in total. The van der Waals surface area contributed by atoms with Crippen LogP contribution in [0.25, 0.3) is 10.8 Å². The number of hydrogen-bond acceptors (Lipinski definition) is 5. The van der Waals surface area contributed by atoms with Crippen molar-refractivity contribution < 1.29 is 13.2 Å². The third-order valence-corrected chi connectivity index (χ3v) is 8.67. The van der Waals surface area contributed by atoms with E-state index in [4.69, 9.17) is 5.73 Å². The molecule has 0 bridgehead atoms. The smallest absolute Gasteiger partial charge is 0.241 e. The predicted octanol–water partition coefficient (Wildman–Crippen LogP) is 3.66. The highest BCUT2D eigenvalue weighted by Gasteiger charge is 2.32. The van der Waals surface area contributed by atoms with Gasteiger partial charge in [0.2, 0.25) is 15.9 Å². The van der Waals surface area contributed by atoms with Gasteiger partial charge in [0, 0.05) is 50.2 Å². The van der Waals surface area contributed by atoms with E-state index in [1.54, 1.807) is 24.1 Å². The second-order valence-electron chi connectivity index (χ2n) is 9.81. The van der Waals surface area contributed by atoms with Crippen LogP contribution < -0.4 is 15.4 Å². The highest BCUT2D eigenvalue weighted by Crippen LogP contribution is 2.30. The molecule has 0 unspecified atom stereocenters. The van der Waals surface area contributed by atoms with Crippen molar-refractivity contribution in [3.05, 3.63) is 71.8 Å². The van der Waals surface area contributed by atoms with Gasteiger partial charge in [-0.05, 0) is 42.5 Å². The van der Waals surface area contributed by atoms with Crippen LogP contribution in [0, 0.1) is 0 Å².